The van der Waals surface area contributed by atoms with Crippen LogP contribution in [-0.4, -0.2) is 42.3 Å². The van der Waals surface area contributed by atoms with Crippen LogP contribution in [0.1, 0.15) is 38.8 Å². The van der Waals surface area contributed by atoms with E-state index < -0.39 is 12.1 Å². The van der Waals surface area contributed by atoms with Crippen LogP contribution < -0.4 is 10.6 Å². The van der Waals surface area contributed by atoms with Gasteiger partial charge in [-0.1, -0.05) is 33.8 Å². The van der Waals surface area contributed by atoms with E-state index >= 15 is 0 Å². The third kappa shape index (κ3) is 5.86. The van der Waals surface area contributed by atoms with Crippen molar-refractivity contribution in [3.05, 3.63) is 29.3 Å². The summed E-state index contributed by atoms with van der Waals surface area (Å²) in [6.07, 6.45) is 0.629. The Hall–Kier alpha value is -2.37. The van der Waals surface area contributed by atoms with Crippen molar-refractivity contribution in [3.8, 4) is 0 Å². The number of nitrogens with zero attached hydrogens (tertiary/aromatic N) is 1. The summed E-state index contributed by atoms with van der Waals surface area (Å²) >= 11 is 0. The van der Waals surface area contributed by atoms with E-state index in [0.29, 0.717) is 12.1 Å². The predicted molar refractivity (Wildman–Crippen MR) is 104 cm³/mol. The minimum Gasteiger partial charge on any atom is -0.342 e. The lowest BCUT2D eigenvalue weighted by molar-refractivity contribution is -0.135. The van der Waals surface area contributed by atoms with E-state index in [4.69, 9.17) is 0 Å². The Morgan fingerprint density at radius 2 is 1.50 bits per heavy atom. The van der Waals surface area contributed by atoms with Gasteiger partial charge in [0.15, 0.2) is 0 Å². The van der Waals surface area contributed by atoms with Gasteiger partial charge in [0.2, 0.25) is 18.2 Å². The number of hydrogen-bond acceptors (Lipinski definition) is 3. The largest absolute Gasteiger partial charge is 0.342 e. The maximum Gasteiger partial charge on any atom is 0.247 e. The fourth-order valence-electron chi connectivity index (χ4n) is 3.06. The molecule has 0 aliphatic heterocycles. The summed E-state index contributed by atoms with van der Waals surface area (Å²) in [5, 5.41) is 5.70. The molecule has 3 amide bonds. The average Bonchev–Trinajstić information content (AvgIpc) is 2.50. The van der Waals surface area contributed by atoms with E-state index in [1.54, 1.807) is 7.05 Å². The second-order valence-corrected chi connectivity index (χ2v) is 7.56. The van der Waals surface area contributed by atoms with Crippen LogP contribution in [0, 0.1) is 25.7 Å². The fraction of sp³-hybridized carbons (Fsp3) is 0.550. The van der Waals surface area contributed by atoms with Crippen molar-refractivity contribution in [1.82, 2.24) is 10.2 Å². The predicted octanol–water partition coefficient (Wildman–Crippen LogP) is 2.50. The van der Waals surface area contributed by atoms with Crippen molar-refractivity contribution in [1.29, 1.82) is 0 Å². The molecular formula is C20H31N3O3. The van der Waals surface area contributed by atoms with Gasteiger partial charge in [0.1, 0.15) is 12.1 Å². The summed E-state index contributed by atoms with van der Waals surface area (Å²) in [7, 11) is 1.57. The third-order valence-corrected chi connectivity index (χ3v) is 4.24. The van der Waals surface area contributed by atoms with Gasteiger partial charge in [-0.05, 0) is 48.9 Å². The van der Waals surface area contributed by atoms with E-state index in [9.17, 15) is 14.4 Å². The molecule has 1 aromatic rings. The third-order valence-electron chi connectivity index (χ3n) is 4.24. The molecule has 0 aliphatic rings. The second-order valence-electron chi connectivity index (χ2n) is 7.56. The molecule has 0 radical (unpaired) electrons. The molecule has 0 saturated carbocycles. The first-order chi connectivity index (χ1) is 12.1. The molecule has 0 bridgehead atoms. The summed E-state index contributed by atoms with van der Waals surface area (Å²) < 4.78 is 0. The molecule has 0 heterocycles. The lowest BCUT2D eigenvalue weighted by Crippen LogP contribution is -2.55. The molecule has 2 N–H and O–H groups in total. The van der Waals surface area contributed by atoms with Crippen LogP contribution in [0.25, 0.3) is 0 Å². The molecule has 1 aromatic carbocycles. The highest BCUT2D eigenvalue weighted by atomic mass is 16.2. The smallest absolute Gasteiger partial charge is 0.247 e. The monoisotopic (exact) mass is 361 g/mol. The summed E-state index contributed by atoms with van der Waals surface area (Å²) in [4.78, 5) is 37.8. The molecule has 0 saturated heterocycles. The molecule has 6 heteroatoms. The van der Waals surface area contributed by atoms with E-state index in [-0.39, 0.29) is 23.7 Å². The van der Waals surface area contributed by atoms with Crippen molar-refractivity contribution in [2.75, 3.05) is 12.4 Å². The van der Waals surface area contributed by atoms with Gasteiger partial charge in [0.25, 0.3) is 0 Å². The Bertz CT molecular complexity index is 635. The van der Waals surface area contributed by atoms with Crippen molar-refractivity contribution in [2.45, 2.75) is 53.6 Å². The Morgan fingerprint density at radius 1 is 0.962 bits per heavy atom. The second kappa shape index (κ2) is 9.36. The summed E-state index contributed by atoms with van der Waals surface area (Å²) in [6.45, 7) is 11.4. The van der Waals surface area contributed by atoms with Crippen molar-refractivity contribution in [3.63, 3.8) is 0 Å². The Balaban J connectivity index is 2.95. The normalized spacial score (nSPS) is 13.3. The molecule has 144 valence electrons. The molecule has 0 unspecified atom stereocenters. The number of hydrogen-bond donors (Lipinski definition) is 2. The van der Waals surface area contributed by atoms with Gasteiger partial charge >= 0.3 is 0 Å². The van der Waals surface area contributed by atoms with Gasteiger partial charge in [0, 0.05) is 12.7 Å². The SMILES string of the molecule is Cc1cc(C)cc(NC(=O)[C@@H](NC(=O)[C@H](C(C)C)N(C)C=O)C(C)C)c1. The fourth-order valence-corrected chi connectivity index (χ4v) is 3.06. The Kier molecular flexibility index (Phi) is 7.80. The van der Waals surface area contributed by atoms with E-state index in [1.807, 2.05) is 59.7 Å². The first-order valence-corrected chi connectivity index (χ1v) is 8.93. The number of carbonyl (C=O) groups excluding carboxylic acids is 3. The van der Waals surface area contributed by atoms with Gasteiger partial charge in [-0.15, -0.1) is 0 Å². The molecule has 0 fully saturated rings. The Labute approximate surface area is 156 Å². The van der Waals surface area contributed by atoms with Gasteiger partial charge in [-0.3, -0.25) is 14.4 Å². The standard InChI is InChI=1S/C20H31N3O3/c1-12(2)17(22-20(26)18(13(3)4)23(7)11-24)19(25)21-16-9-14(5)8-15(6)10-16/h8-13,17-18H,1-7H3,(H,21,25)(H,22,26)/t17-,18-/m0/s1. The van der Waals surface area contributed by atoms with Crippen LogP contribution in [0.2, 0.25) is 0 Å². The maximum atomic E-state index is 12.7. The number of rotatable bonds is 8. The maximum absolute atomic E-state index is 12.7. The van der Waals surface area contributed by atoms with E-state index in [1.165, 1.54) is 4.90 Å². The highest BCUT2D eigenvalue weighted by molar-refractivity contribution is 5.98. The molecule has 2 atom stereocenters. The lowest BCUT2D eigenvalue weighted by Gasteiger charge is -2.30. The highest BCUT2D eigenvalue weighted by Gasteiger charge is 2.31. The zero-order chi connectivity index (χ0) is 20.0. The molecular weight excluding hydrogens is 330 g/mol. The number of benzene rings is 1. The number of amides is 3. The molecule has 0 aliphatic carbocycles. The average molecular weight is 361 g/mol. The van der Waals surface area contributed by atoms with Gasteiger partial charge in [-0.25, -0.2) is 0 Å². The topological polar surface area (TPSA) is 78.5 Å². The van der Waals surface area contributed by atoms with E-state index in [0.717, 1.165) is 11.1 Å². The van der Waals surface area contributed by atoms with Crippen molar-refractivity contribution < 1.29 is 14.4 Å². The van der Waals surface area contributed by atoms with Crippen LogP contribution in [0.15, 0.2) is 18.2 Å². The molecule has 6 nitrogen and oxygen atoms in total. The van der Waals surface area contributed by atoms with Crippen molar-refractivity contribution in [2.24, 2.45) is 11.8 Å². The first-order valence-electron chi connectivity index (χ1n) is 8.93. The first kappa shape index (κ1) is 21.7. The highest BCUT2D eigenvalue weighted by Crippen LogP contribution is 2.16. The minimum absolute atomic E-state index is 0.0690. The van der Waals surface area contributed by atoms with Crippen LogP contribution in [0.4, 0.5) is 5.69 Å². The number of carbonyl (C=O) groups is 3. The summed E-state index contributed by atoms with van der Waals surface area (Å²) in [5.74, 6) is -0.766. The zero-order valence-electron chi connectivity index (χ0n) is 16.8. The summed E-state index contributed by atoms with van der Waals surface area (Å²) in [5.41, 5.74) is 2.81. The van der Waals surface area contributed by atoms with Crippen LogP contribution in [-0.2, 0) is 14.4 Å². The molecule has 26 heavy (non-hydrogen) atoms. The number of likely N-dealkylation sites (N-methyl/N-ethyl adjacent to an activating group) is 1. The lowest BCUT2D eigenvalue weighted by atomic mass is 9.99. The molecule has 0 aromatic heterocycles. The van der Waals surface area contributed by atoms with E-state index in [2.05, 4.69) is 10.6 Å². The Morgan fingerprint density at radius 3 is 1.92 bits per heavy atom. The number of aryl methyl sites for hydroxylation is 2. The quantitative estimate of drug-likeness (QED) is 0.698. The summed E-state index contributed by atoms with van der Waals surface area (Å²) in [6, 6.07) is 4.50. The number of nitrogens with one attached hydrogen (secondary N) is 2. The van der Waals surface area contributed by atoms with Crippen LogP contribution >= 0.6 is 0 Å². The van der Waals surface area contributed by atoms with Gasteiger partial charge < -0.3 is 15.5 Å². The zero-order valence-corrected chi connectivity index (χ0v) is 16.8. The molecule has 1 rings (SSSR count). The van der Waals surface area contributed by atoms with Gasteiger partial charge in [-0.2, -0.15) is 0 Å². The van der Waals surface area contributed by atoms with Crippen LogP contribution in [0.3, 0.4) is 0 Å². The minimum atomic E-state index is -0.690. The molecule has 0 spiro atoms. The number of anilines is 1. The van der Waals surface area contributed by atoms with Crippen molar-refractivity contribution >= 4 is 23.9 Å². The van der Waals surface area contributed by atoms with Gasteiger partial charge in [0.05, 0.1) is 0 Å². The van der Waals surface area contributed by atoms with Crippen LogP contribution in [0.5, 0.6) is 0 Å².